The molecule has 1 atom stereocenters. The lowest BCUT2D eigenvalue weighted by molar-refractivity contribution is -0.119. The van der Waals surface area contributed by atoms with Gasteiger partial charge in [0.05, 0.1) is 6.04 Å². The lowest BCUT2D eigenvalue weighted by Crippen LogP contribution is -2.36. The minimum absolute atomic E-state index is 0.460. The van der Waals surface area contributed by atoms with Gasteiger partial charge in [0.15, 0.2) is 0 Å². The van der Waals surface area contributed by atoms with E-state index in [1.54, 1.807) is 6.92 Å². The van der Waals surface area contributed by atoms with E-state index in [9.17, 15) is 4.79 Å². The normalized spacial score (nSPS) is 11.4. The Labute approximate surface area is 60.8 Å². The van der Waals surface area contributed by atoms with Crippen LogP contribution >= 0.6 is 0 Å². The van der Waals surface area contributed by atoms with Crippen LogP contribution in [0.25, 0.3) is 0 Å². The lowest BCUT2D eigenvalue weighted by atomic mass is 10.1. The van der Waals surface area contributed by atoms with E-state index in [-0.39, 0.29) is 0 Å². The van der Waals surface area contributed by atoms with E-state index in [0.29, 0.717) is 12.8 Å². The first-order valence-electron chi connectivity index (χ1n) is 3.13. The fourth-order valence-corrected chi connectivity index (χ4v) is 0.495. The molecule has 4 N–H and O–H groups in total. The minimum atomic E-state index is -0.541. The van der Waals surface area contributed by atoms with Crippen LogP contribution in [0.15, 0.2) is 0 Å². The predicted octanol–water partition coefficient (Wildman–Crippen LogP) is -0.398. The molecule has 0 fully saturated rings. The second-order valence-corrected chi connectivity index (χ2v) is 1.97. The standard InChI is InChI=1S/C7H12N2O/c1-2-3-4-5-6(8)7(9)10/h6H,4-5,8H2,1H3,(H2,9,10)/t6-/m1/s1. The Morgan fingerprint density at radius 3 is 2.70 bits per heavy atom. The summed E-state index contributed by atoms with van der Waals surface area (Å²) in [6, 6.07) is -0.541. The molecule has 3 nitrogen and oxygen atoms in total. The van der Waals surface area contributed by atoms with Crippen molar-refractivity contribution in [2.75, 3.05) is 0 Å². The van der Waals surface area contributed by atoms with E-state index < -0.39 is 11.9 Å². The van der Waals surface area contributed by atoms with Crippen molar-refractivity contribution in [1.82, 2.24) is 0 Å². The van der Waals surface area contributed by atoms with E-state index in [4.69, 9.17) is 11.5 Å². The van der Waals surface area contributed by atoms with Crippen LogP contribution in [0.1, 0.15) is 19.8 Å². The van der Waals surface area contributed by atoms with E-state index in [1.165, 1.54) is 0 Å². The van der Waals surface area contributed by atoms with Gasteiger partial charge in [-0.15, -0.1) is 11.8 Å². The van der Waals surface area contributed by atoms with Gasteiger partial charge >= 0.3 is 0 Å². The van der Waals surface area contributed by atoms with Gasteiger partial charge in [0.1, 0.15) is 0 Å². The molecule has 56 valence electrons. The zero-order chi connectivity index (χ0) is 7.98. The number of amides is 1. The van der Waals surface area contributed by atoms with Crippen molar-refractivity contribution in [3.8, 4) is 11.8 Å². The zero-order valence-electron chi connectivity index (χ0n) is 6.05. The third-order valence-corrected chi connectivity index (χ3v) is 1.12. The first-order chi connectivity index (χ1) is 4.68. The summed E-state index contributed by atoms with van der Waals surface area (Å²) < 4.78 is 0. The average molecular weight is 140 g/mol. The second-order valence-electron chi connectivity index (χ2n) is 1.97. The number of hydrogen-bond acceptors (Lipinski definition) is 2. The molecule has 0 bridgehead atoms. The van der Waals surface area contributed by atoms with Crippen LogP contribution in [-0.4, -0.2) is 11.9 Å². The molecule has 0 aromatic heterocycles. The molecule has 0 spiro atoms. The molecule has 10 heavy (non-hydrogen) atoms. The van der Waals surface area contributed by atoms with Crippen molar-refractivity contribution in [2.45, 2.75) is 25.8 Å². The molecule has 0 unspecified atom stereocenters. The number of rotatable bonds is 3. The predicted molar refractivity (Wildman–Crippen MR) is 39.9 cm³/mol. The monoisotopic (exact) mass is 140 g/mol. The molecule has 0 aromatic rings. The average Bonchev–Trinajstić information content (AvgIpc) is 1.88. The summed E-state index contributed by atoms with van der Waals surface area (Å²) in [7, 11) is 0. The number of carbonyl (C=O) groups is 1. The first kappa shape index (κ1) is 8.99. The van der Waals surface area contributed by atoms with Crippen molar-refractivity contribution >= 4 is 5.91 Å². The Balaban J connectivity index is 3.46. The molecule has 0 aromatic carbocycles. The SMILES string of the molecule is CC#CCC[C@@H](N)C(N)=O. The molecule has 0 radical (unpaired) electrons. The van der Waals surface area contributed by atoms with Gasteiger partial charge in [-0.1, -0.05) is 0 Å². The number of primary amides is 1. The summed E-state index contributed by atoms with van der Waals surface area (Å²) in [6.45, 7) is 1.75. The zero-order valence-corrected chi connectivity index (χ0v) is 6.05. The fourth-order valence-electron chi connectivity index (χ4n) is 0.495. The summed E-state index contributed by atoms with van der Waals surface area (Å²) >= 11 is 0. The molecular formula is C7H12N2O. The molecule has 0 saturated heterocycles. The van der Waals surface area contributed by atoms with Crippen LogP contribution in [0.4, 0.5) is 0 Å². The van der Waals surface area contributed by atoms with Gasteiger partial charge < -0.3 is 11.5 Å². The van der Waals surface area contributed by atoms with Gasteiger partial charge in [0.25, 0.3) is 0 Å². The van der Waals surface area contributed by atoms with Crippen molar-refractivity contribution < 1.29 is 4.79 Å². The third kappa shape index (κ3) is 3.93. The van der Waals surface area contributed by atoms with Gasteiger partial charge in [0, 0.05) is 6.42 Å². The van der Waals surface area contributed by atoms with Gasteiger partial charge in [-0.25, -0.2) is 0 Å². The Morgan fingerprint density at radius 2 is 2.30 bits per heavy atom. The van der Waals surface area contributed by atoms with E-state index in [2.05, 4.69) is 11.8 Å². The maximum absolute atomic E-state index is 10.3. The summed E-state index contributed by atoms with van der Waals surface area (Å²) in [6.07, 6.45) is 1.19. The van der Waals surface area contributed by atoms with Gasteiger partial charge in [-0.3, -0.25) is 4.79 Å². The summed E-state index contributed by atoms with van der Waals surface area (Å²) in [5.41, 5.74) is 10.2. The minimum Gasteiger partial charge on any atom is -0.368 e. The fraction of sp³-hybridized carbons (Fsp3) is 0.571. The van der Waals surface area contributed by atoms with Crippen LogP contribution in [-0.2, 0) is 4.79 Å². The number of hydrogen-bond donors (Lipinski definition) is 2. The highest BCUT2D eigenvalue weighted by molar-refractivity contribution is 5.79. The van der Waals surface area contributed by atoms with Crippen molar-refractivity contribution in [3.63, 3.8) is 0 Å². The third-order valence-electron chi connectivity index (χ3n) is 1.12. The van der Waals surface area contributed by atoms with Crippen LogP contribution in [0.2, 0.25) is 0 Å². The van der Waals surface area contributed by atoms with Crippen LogP contribution in [0, 0.1) is 11.8 Å². The van der Waals surface area contributed by atoms with Crippen LogP contribution < -0.4 is 11.5 Å². The molecule has 1 amide bonds. The summed E-state index contributed by atoms with van der Waals surface area (Å²) in [4.78, 5) is 10.3. The van der Waals surface area contributed by atoms with Crippen molar-refractivity contribution in [1.29, 1.82) is 0 Å². The molecule has 0 rings (SSSR count). The summed E-state index contributed by atoms with van der Waals surface area (Å²) in [5.74, 6) is 5.04. The first-order valence-corrected chi connectivity index (χ1v) is 3.13. The maximum Gasteiger partial charge on any atom is 0.234 e. The van der Waals surface area contributed by atoms with Crippen molar-refractivity contribution in [2.24, 2.45) is 11.5 Å². The topological polar surface area (TPSA) is 69.1 Å². The molecule has 0 saturated carbocycles. The Bertz CT molecular complexity index is 166. The van der Waals surface area contributed by atoms with Crippen LogP contribution in [0.3, 0.4) is 0 Å². The van der Waals surface area contributed by atoms with Gasteiger partial charge in [0.2, 0.25) is 5.91 Å². The Hall–Kier alpha value is -1.01. The van der Waals surface area contributed by atoms with E-state index in [1.807, 2.05) is 0 Å². The van der Waals surface area contributed by atoms with Crippen LogP contribution in [0.5, 0.6) is 0 Å². The highest BCUT2D eigenvalue weighted by atomic mass is 16.1. The number of carbonyl (C=O) groups excluding carboxylic acids is 1. The number of nitrogens with two attached hydrogens (primary N) is 2. The Morgan fingerprint density at radius 1 is 1.70 bits per heavy atom. The highest BCUT2D eigenvalue weighted by Gasteiger charge is 2.06. The molecule has 0 heterocycles. The molecule has 0 aliphatic rings. The van der Waals surface area contributed by atoms with E-state index >= 15 is 0 Å². The smallest absolute Gasteiger partial charge is 0.234 e. The molecule has 3 heteroatoms. The molecule has 0 aliphatic carbocycles. The summed E-state index contributed by atoms with van der Waals surface area (Å²) in [5, 5.41) is 0. The second kappa shape index (κ2) is 4.83. The quantitative estimate of drug-likeness (QED) is 0.524. The van der Waals surface area contributed by atoms with E-state index in [0.717, 1.165) is 0 Å². The van der Waals surface area contributed by atoms with Gasteiger partial charge in [-0.05, 0) is 13.3 Å². The maximum atomic E-state index is 10.3. The molecular weight excluding hydrogens is 128 g/mol. The lowest BCUT2D eigenvalue weighted by Gasteiger charge is -2.01. The molecule has 0 aliphatic heterocycles. The Kier molecular flexibility index (Phi) is 4.34. The highest BCUT2D eigenvalue weighted by Crippen LogP contribution is 1.90. The van der Waals surface area contributed by atoms with Gasteiger partial charge in [-0.2, -0.15) is 0 Å². The largest absolute Gasteiger partial charge is 0.368 e. The van der Waals surface area contributed by atoms with Crippen molar-refractivity contribution in [3.05, 3.63) is 0 Å².